The fourth-order valence-corrected chi connectivity index (χ4v) is 5.11. The topological polar surface area (TPSA) is 95.9 Å². The van der Waals surface area contributed by atoms with E-state index in [0.717, 1.165) is 11.1 Å². The number of carbonyl (C=O) groups excluding carboxylic acids is 3. The lowest BCUT2D eigenvalue weighted by atomic mass is 9.85. The number of rotatable bonds is 7. The van der Waals surface area contributed by atoms with E-state index in [1.54, 1.807) is 36.4 Å². The summed E-state index contributed by atoms with van der Waals surface area (Å²) >= 11 is 0. The monoisotopic (exact) mass is 554 g/mol. The van der Waals surface area contributed by atoms with Gasteiger partial charge in [0, 0.05) is 23.9 Å². The van der Waals surface area contributed by atoms with E-state index in [1.165, 1.54) is 11.8 Å². The van der Waals surface area contributed by atoms with Crippen LogP contribution in [0, 0.1) is 0 Å². The average Bonchev–Trinajstić information content (AvgIpc) is 3.18. The molecule has 1 saturated heterocycles. The summed E-state index contributed by atoms with van der Waals surface area (Å²) < 4.78 is 5.78. The molecule has 0 aliphatic carbocycles. The molecule has 2 N–H and O–H groups in total. The number of nitrogens with one attached hydrogen (secondary N) is 1. The Bertz CT molecular complexity index is 1510. The van der Waals surface area contributed by atoms with E-state index in [1.807, 2.05) is 51.1 Å². The van der Waals surface area contributed by atoms with Crippen LogP contribution in [-0.2, 0) is 19.8 Å². The number of aliphatic hydroxyl groups is 1. The van der Waals surface area contributed by atoms with Crippen LogP contribution in [0.25, 0.3) is 5.76 Å². The molecule has 0 radical (unpaired) electrons. The van der Waals surface area contributed by atoms with Crippen LogP contribution >= 0.6 is 0 Å². The minimum Gasteiger partial charge on any atom is -0.507 e. The molecule has 1 aliphatic rings. The van der Waals surface area contributed by atoms with Crippen molar-refractivity contribution < 1.29 is 24.2 Å². The second-order valence-corrected chi connectivity index (χ2v) is 11.6. The molecule has 2 amide bonds. The number of carbonyl (C=O) groups is 3. The van der Waals surface area contributed by atoms with Crippen LogP contribution in [-0.4, -0.2) is 29.3 Å². The third kappa shape index (κ3) is 6.04. The minimum absolute atomic E-state index is 0.00213. The van der Waals surface area contributed by atoms with Gasteiger partial charge in [-0.25, -0.2) is 0 Å². The van der Waals surface area contributed by atoms with Gasteiger partial charge in [-0.2, -0.15) is 0 Å². The van der Waals surface area contributed by atoms with Crippen molar-refractivity contribution in [1.82, 2.24) is 0 Å². The fourth-order valence-electron chi connectivity index (χ4n) is 5.11. The first kappa shape index (κ1) is 29.6. The number of hydrogen-bond donors (Lipinski definition) is 2. The molecule has 3 aromatic carbocycles. The largest absolute Gasteiger partial charge is 0.507 e. The maximum Gasteiger partial charge on any atom is 0.300 e. The molecule has 3 aromatic rings. The van der Waals surface area contributed by atoms with Crippen molar-refractivity contribution in [2.75, 3.05) is 16.8 Å². The predicted octanol–water partition coefficient (Wildman–Crippen LogP) is 7.09. The highest BCUT2D eigenvalue weighted by molar-refractivity contribution is 6.51. The molecule has 0 spiro atoms. The van der Waals surface area contributed by atoms with E-state index < -0.39 is 17.7 Å². The normalized spacial score (nSPS) is 16.8. The molecule has 214 valence electrons. The van der Waals surface area contributed by atoms with Crippen LogP contribution in [0.2, 0.25) is 0 Å². The summed E-state index contributed by atoms with van der Waals surface area (Å²) in [5.41, 5.74) is 3.92. The van der Waals surface area contributed by atoms with Gasteiger partial charge in [0.05, 0.1) is 18.2 Å². The lowest BCUT2D eigenvalue weighted by Gasteiger charge is -2.27. The summed E-state index contributed by atoms with van der Waals surface area (Å²) in [6.45, 7) is 14.2. The number of hydrogen-bond acceptors (Lipinski definition) is 5. The zero-order chi connectivity index (χ0) is 30.1. The molecule has 1 fully saturated rings. The van der Waals surface area contributed by atoms with E-state index in [9.17, 15) is 19.5 Å². The third-order valence-electron chi connectivity index (χ3n) is 7.19. The number of ether oxygens (including phenoxy) is 1. The molecule has 0 bridgehead atoms. The summed E-state index contributed by atoms with van der Waals surface area (Å²) in [4.78, 5) is 40.4. The van der Waals surface area contributed by atoms with Crippen LogP contribution in [0.5, 0.6) is 5.75 Å². The Morgan fingerprint density at radius 1 is 1.02 bits per heavy atom. The lowest BCUT2D eigenvalue weighted by molar-refractivity contribution is -0.132. The van der Waals surface area contributed by atoms with Gasteiger partial charge in [-0.05, 0) is 71.3 Å². The van der Waals surface area contributed by atoms with Crippen molar-refractivity contribution in [2.24, 2.45) is 0 Å². The Morgan fingerprint density at radius 3 is 2.29 bits per heavy atom. The highest BCUT2D eigenvalue weighted by Gasteiger charge is 2.47. The van der Waals surface area contributed by atoms with Crippen LogP contribution < -0.4 is 15.0 Å². The van der Waals surface area contributed by atoms with Crippen molar-refractivity contribution >= 4 is 34.7 Å². The molecule has 41 heavy (non-hydrogen) atoms. The standard InChI is InChI=1S/C34H38N2O5/c1-8-41-28-17-14-23(18-27(28)20(2)3)31(38)29-30(22-12-15-24(16-13-22)34(5,6)7)36(33(40)32(29)39)26-11-9-10-25(19-26)35-21(4)37/h9-20,30,38H,8H2,1-7H3,(H,35,37)/b31-29-. The summed E-state index contributed by atoms with van der Waals surface area (Å²) in [5, 5.41) is 14.4. The number of Topliss-reactive ketones (excluding diaryl/α,β-unsaturated/α-hetero) is 1. The number of benzene rings is 3. The Labute approximate surface area is 241 Å². The van der Waals surface area contributed by atoms with Crippen molar-refractivity contribution in [1.29, 1.82) is 0 Å². The molecule has 0 aromatic heterocycles. The first-order valence-electron chi connectivity index (χ1n) is 13.9. The third-order valence-corrected chi connectivity index (χ3v) is 7.19. The van der Waals surface area contributed by atoms with Gasteiger partial charge in [-0.1, -0.05) is 65.0 Å². The second kappa shape index (κ2) is 11.6. The highest BCUT2D eigenvalue weighted by Crippen LogP contribution is 2.43. The van der Waals surface area contributed by atoms with E-state index in [0.29, 0.717) is 34.9 Å². The number of nitrogens with zero attached hydrogens (tertiary/aromatic N) is 1. The van der Waals surface area contributed by atoms with E-state index in [-0.39, 0.29) is 28.6 Å². The van der Waals surface area contributed by atoms with Gasteiger partial charge in [0.25, 0.3) is 11.7 Å². The summed E-state index contributed by atoms with van der Waals surface area (Å²) in [6.07, 6.45) is 0. The SMILES string of the molecule is CCOc1ccc(/C(O)=C2/C(=O)C(=O)N(c3cccc(NC(C)=O)c3)C2c2ccc(C(C)(C)C)cc2)cc1C(C)C. The van der Waals surface area contributed by atoms with Gasteiger partial charge >= 0.3 is 0 Å². The molecule has 7 heteroatoms. The molecule has 7 nitrogen and oxygen atoms in total. The zero-order valence-electron chi connectivity index (χ0n) is 24.7. The average molecular weight is 555 g/mol. The second-order valence-electron chi connectivity index (χ2n) is 11.6. The number of amides is 2. The maximum atomic E-state index is 13.7. The van der Waals surface area contributed by atoms with Crippen LogP contribution in [0.15, 0.2) is 72.3 Å². The molecule has 4 rings (SSSR count). The molecule has 1 aliphatic heterocycles. The predicted molar refractivity (Wildman–Crippen MR) is 162 cm³/mol. The maximum absolute atomic E-state index is 13.7. The lowest BCUT2D eigenvalue weighted by Crippen LogP contribution is -2.29. The zero-order valence-corrected chi connectivity index (χ0v) is 24.7. The molecule has 1 heterocycles. The van der Waals surface area contributed by atoms with Crippen LogP contribution in [0.3, 0.4) is 0 Å². The molecular formula is C34H38N2O5. The first-order chi connectivity index (χ1) is 19.3. The Morgan fingerprint density at radius 2 is 1.71 bits per heavy atom. The Kier molecular flexibility index (Phi) is 8.38. The number of aliphatic hydroxyl groups excluding tert-OH is 1. The number of anilines is 2. The van der Waals surface area contributed by atoms with Gasteiger partial charge in [0.1, 0.15) is 11.5 Å². The molecule has 0 saturated carbocycles. The fraction of sp³-hybridized carbons (Fsp3) is 0.324. The van der Waals surface area contributed by atoms with Gasteiger partial charge in [0.2, 0.25) is 5.91 Å². The van der Waals surface area contributed by atoms with Crippen LogP contribution in [0.4, 0.5) is 11.4 Å². The van der Waals surface area contributed by atoms with Gasteiger partial charge in [0.15, 0.2) is 0 Å². The Hall–Kier alpha value is -4.39. The van der Waals surface area contributed by atoms with Gasteiger partial charge in [-0.15, -0.1) is 0 Å². The quantitative estimate of drug-likeness (QED) is 0.185. The van der Waals surface area contributed by atoms with Crippen molar-refractivity contribution in [3.8, 4) is 5.75 Å². The van der Waals surface area contributed by atoms with E-state index in [2.05, 4.69) is 26.1 Å². The minimum atomic E-state index is -0.884. The summed E-state index contributed by atoms with van der Waals surface area (Å²) in [7, 11) is 0. The number of ketones is 1. The Balaban J connectivity index is 1.93. The molecular weight excluding hydrogens is 516 g/mol. The van der Waals surface area contributed by atoms with E-state index in [4.69, 9.17) is 4.74 Å². The van der Waals surface area contributed by atoms with Crippen molar-refractivity contribution in [2.45, 2.75) is 65.8 Å². The smallest absolute Gasteiger partial charge is 0.300 e. The van der Waals surface area contributed by atoms with E-state index >= 15 is 0 Å². The van der Waals surface area contributed by atoms with Gasteiger partial charge in [-0.3, -0.25) is 19.3 Å². The molecule has 1 atom stereocenters. The van der Waals surface area contributed by atoms with Crippen molar-refractivity contribution in [3.05, 3.63) is 94.6 Å². The summed E-state index contributed by atoms with van der Waals surface area (Å²) in [6, 6.07) is 19.0. The first-order valence-corrected chi connectivity index (χ1v) is 13.9. The van der Waals surface area contributed by atoms with Crippen molar-refractivity contribution in [3.63, 3.8) is 0 Å². The van der Waals surface area contributed by atoms with Crippen LogP contribution in [0.1, 0.15) is 82.7 Å². The summed E-state index contributed by atoms with van der Waals surface area (Å²) in [5.74, 6) is -1.23. The molecule has 1 unspecified atom stereocenters. The van der Waals surface area contributed by atoms with Gasteiger partial charge < -0.3 is 15.2 Å². The highest BCUT2D eigenvalue weighted by atomic mass is 16.5.